The van der Waals surface area contributed by atoms with E-state index in [9.17, 15) is 14.0 Å². The molecule has 0 spiro atoms. The molecular formula is C31H26FN3O6. The number of nitrogens with one attached hydrogen (secondary N) is 1. The first-order valence-corrected chi connectivity index (χ1v) is 12.7. The van der Waals surface area contributed by atoms with E-state index in [0.29, 0.717) is 64.0 Å². The van der Waals surface area contributed by atoms with Gasteiger partial charge in [0, 0.05) is 35.4 Å². The number of benzene rings is 3. The van der Waals surface area contributed by atoms with E-state index in [0.717, 1.165) is 0 Å². The zero-order valence-corrected chi connectivity index (χ0v) is 22.3. The molecular weight excluding hydrogens is 529 g/mol. The van der Waals surface area contributed by atoms with Crippen LogP contribution in [-0.4, -0.2) is 49.0 Å². The number of fused-ring (bicyclic) bond motifs is 1. The molecule has 0 atom stereocenters. The fourth-order valence-corrected chi connectivity index (χ4v) is 4.26. The lowest BCUT2D eigenvalue weighted by molar-refractivity contribution is -0.113. The number of halogens is 1. The van der Waals surface area contributed by atoms with Crippen LogP contribution in [0.2, 0.25) is 0 Å². The van der Waals surface area contributed by atoms with E-state index in [-0.39, 0.29) is 29.6 Å². The van der Waals surface area contributed by atoms with Gasteiger partial charge in [-0.3, -0.25) is 9.59 Å². The Morgan fingerprint density at radius 3 is 2.56 bits per heavy atom. The summed E-state index contributed by atoms with van der Waals surface area (Å²) in [5.41, 5.74) is 2.39. The number of hydrogen-bond donors (Lipinski definition) is 1. The van der Waals surface area contributed by atoms with Gasteiger partial charge in [0.2, 0.25) is 0 Å². The number of ketones is 2. The van der Waals surface area contributed by atoms with E-state index in [1.54, 1.807) is 56.7 Å². The molecule has 5 rings (SSSR count). The fraction of sp³-hybridized carbons (Fsp3) is 0.161. The van der Waals surface area contributed by atoms with Crippen LogP contribution in [0.1, 0.15) is 11.1 Å². The second kappa shape index (κ2) is 12.4. The largest absolute Gasteiger partial charge is 0.493 e. The van der Waals surface area contributed by atoms with Crippen LogP contribution in [0.25, 0.3) is 16.5 Å². The molecule has 1 aliphatic carbocycles. The van der Waals surface area contributed by atoms with E-state index >= 15 is 0 Å². The van der Waals surface area contributed by atoms with Crippen LogP contribution < -0.4 is 19.5 Å². The van der Waals surface area contributed by atoms with E-state index in [1.165, 1.54) is 36.7 Å². The maximum atomic E-state index is 13.7. The van der Waals surface area contributed by atoms with E-state index in [2.05, 4.69) is 15.3 Å². The lowest BCUT2D eigenvalue weighted by atomic mass is 9.95. The second-order valence-corrected chi connectivity index (χ2v) is 9.00. The quantitative estimate of drug-likeness (QED) is 0.197. The van der Waals surface area contributed by atoms with Crippen LogP contribution in [0.5, 0.6) is 17.2 Å². The Morgan fingerprint density at radius 2 is 1.76 bits per heavy atom. The van der Waals surface area contributed by atoms with Crippen molar-refractivity contribution in [3.8, 4) is 17.2 Å². The summed E-state index contributed by atoms with van der Waals surface area (Å²) in [5, 5.41) is 3.94. The number of ether oxygens (including phenoxy) is 4. The van der Waals surface area contributed by atoms with Gasteiger partial charge in [-0.15, -0.1) is 0 Å². The molecule has 1 heterocycles. The van der Waals surface area contributed by atoms with Gasteiger partial charge in [0.05, 0.1) is 19.2 Å². The molecule has 0 saturated heterocycles. The molecule has 0 amide bonds. The van der Waals surface area contributed by atoms with Gasteiger partial charge in [0.25, 0.3) is 0 Å². The number of aromatic nitrogens is 2. The summed E-state index contributed by atoms with van der Waals surface area (Å²) in [6.07, 6.45) is 5.14. The standard InChI is InChI=1S/C31H26FN3O6/c1-38-10-11-40-30-16-26-25(15-29(30)39-2)31(34-18-33-26)35-21-6-9-28(41-17-19-4-3-5-20(32)12-19)24(13-21)23-14-22(36)7-8-27(23)37/h3-9,12-16,18H,10-11,17H2,1-2H3,(H,33,34,35). The van der Waals surface area contributed by atoms with Gasteiger partial charge >= 0.3 is 0 Å². The first-order chi connectivity index (χ1) is 19.9. The molecule has 0 unspecified atom stereocenters. The molecule has 9 nitrogen and oxygen atoms in total. The van der Waals surface area contributed by atoms with Gasteiger partial charge in [-0.1, -0.05) is 12.1 Å². The molecule has 0 radical (unpaired) electrons. The summed E-state index contributed by atoms with van der Waals surface area (Å²) in [6, 6.07) is 14.7. The summed E-state index contributed by atoms with van der Waals surface area (Å²) < 4.78 is 36.0. The summed E-state index contributed by atoms with van der Waals surface area (Å²) in [4.78, 5) is 33.7. The first kappa shape index (κ1) is 27.5. The molecule has 0 fully saturated rings. The molecule has 0 saturated carbocycles. The van der Waals surface area contributed by atoms with Crippen molar-refractivity contribution in [2.45, 2.75) is 6.61 Å². The Bertz CT molecular complexity index is 1680. The third-order valence-electron chi connectivity index (χ3n) is 6.23. The molecule has 41 heavy (non-hydrogen) atoms. The van der Waals surface area contributed by atoms with Crippen molar-refractivity contribution in [2.24, 2.45) is 0 Å². The van der Waals surface area contributed by atoms with Gasteiger partial charge in [0.1, 0.15) is 36.9 Å². The number of methoxy groups -OCH3 is 2. The predicted molar refractivity (Wildman–Crippen MR) is 151 cm³/mol. The molecule has 0 aliphatic heterocycles. The van der Waals surface area contributed by atoms with Crippen LogP contribution >= 0.6 is 0 Å². The smallest absolute Gasteiger partial charge is 0.186 e. The highest BCUT2D eigenvalue weighted by Crippen LogP contribution is 2.36. The van der Waals surface area contributed by atoms with Crippen molar-refractivity contribution in [3.63, 3.8) is 0 Å². The maximum absolute atomic E-state index is 13.7. The molecule has 0 bridgehead atoms. The Hall–Kier alpha value is -5.09. The number of hydrogen-bond acceptors (Lipinski definition) is 9. The van der Waals surface area contributed by atoms with Crippen molar-refractivity contribution >= 4 is 39.5 Å². The summed E-state index contributed by atoms with van der Waals surface area (Å²) in [6.45, 7) is 0.827. The molecule has 208 valence electrons. The predicted octanol–water partition coefficient (Wildman–Crippen LogP) is 5.22. The van der Waals surface area contributed by atoms with E-state index < -0.39 is 0 Å². The second-order valence-electron chi connectivity index (χ2n) is 9.00. The zero-order valence-electron chi connectivity index (χ0n) is 22.3. The number of anilines is 2. The van der Waals surface area contributed by atoms with Gasteiger partial charge in [-0.25, -0.2) is 14.4 Å². The highest BCUT2D eigenvalue weighted by Gasteiger charge is 2.20. The average molecular weight is 556 g/mol. The summed E-state index contributed by atoms with van der Waals surface area (Å²) >= 11 is 0. The van der Waals surface area contributed by atoms with Crippen molar-refractivity contribution in [3.05, 3.63) is 96.1 Å². The number of allylic oxidation sites excluding steroid dienone is 4. The Balaban J connectivity index is 1.49. The molecule has 1 N–H and O–H groups in total. The molecule has 10 heteroatoms. The topological polar surface area (TPSA) is 109 Å². The Kier molecular flexibility index (Phi) is 8.31. The monoisotopic (exact) mass is 555 g/mol. The van der Waals surface area contributed by atoms with E-state index in [4.69, 9.17) is 18.9 Å². The third-order valence-corrected chi connectivity index (χ3v) is 6.23. The Labute approximate surface area is 235 Å². The number of carbonyl (C=O) groups is 2. The average Bonchev–Trinajstić information content (AvgIpc) is 2.97. The summed E-state index contributed by atoms with van der Waals surface area (Å²) in [5.74, 6) is 0.822. The van der Waals surface area contributed by atoms with Crippen LogP contribution in [-0.2, 0) is 20.9 Å². The third kappa shape index (κ3) is 6.39. The SMILES string of the molecule is COCCOc1cc2ncnc(Nc3ccc(OCc4cccc(F)c4)c(C4=CC(=O)C=CC4=O)c3)c2cc1OC. The minimum Gasteiger partial charge on any atom is -0.493 e. The van der Waals surface area contributed by atoms with Crippen LogP contribution in [0, 0.1) is 5.82 Å². The minimum absolute atomic E-state index is 0.0634. The fourth-order valence-electron chi connectivity index (χ4n) is 4.26. The number of rotatable bonds is 11. The lowest BCUT2D eigenvalue weighted by Gasteiger charge is -2.17. The summed E-state index contributed by atoms with van der Waals surface area (Å²) in [7, 11) is 3.14. The van der Waals surface area contributed by atoms with Gasteiger partial charge in [-0.05, 0) is 60.2 Å². The maximum Gasteiger partial charge on any atom is 0.186 e. The van der Waals surface area contributed by atoms with Crippen molar-refractivity contribution in [1.82, 2.24) is 9.97 Å². The zero-order chi connectivity index (χ0) is 28.8. The van der Waals surface area contributed by atoms with Crippen LogP contribution in [0.3, 0.4) is 0 Å². The number of nitrogens with zero attached hydrogens (tertiary/aromatic N) is 2. The molecule has 4 aromatic rings. The lowest BCUT2D eigenvalue weighted by Crippen LogP contribution is -2.09. The van der Waals surface area contributed by atoms with Crippen LogP contribution in [0.15, 0.2) is 79.2 Å². The molecule has 1 aliphatic rings. The van der Waals surface area contributed by atoms with Gasteiger partial charge < -0.3 is 24.3 Å². The molecule has 1 aromatic heterocycles. The van der Waals surface area contributed by atoms with Crippen molar-refractivity contribution in [1.29, 1.82) is 0 Å². The minimum atomic E-state index is -0.380. The highest BCUT2D eigenvalue weighted by molar-refractivity contribution is 6.34. The Morgan fingerprint density at radius 1 is 0.878 bits per heavy atom. The highest BCUT2D eigenvalue weighted by atomic mass is 19.1. The first-order valence-electron chi connectivity index (χ1n) is 12.7. The number of carbonyl (C=O) groups excluding carboxylic acids is 2. The van der Waals surface area contributed by atoms with Gasteiger partial charge in [-0.2, -0.15) is 0 Å². The van der Waals surface area contributed by atoms with Gasteiger partial charge in [0.15, 0.2) is 23.1 Å². The normalized spacial score (nSPS) is 12.8. The van der Waals surface area contributed by atoms with Crippen LogP contribution in [0.4, 0.5) is 15.9 Å². The van der Waals surface area contributed by atoms with E-state index in [1.807, 2.05) is 0 Å². The van der Waals surface area contributed by atoms with Crippen molar-refractivity contribution in [2.75, 3.05) is 32.8 Å². The van der Waals surface area contributed by atoms with Crippen molar-refractivity contribution < 1.29 is 32.9 Å². The molecule has 3 aromatic carbocycles.